The number of hydrogen-bond donors (Lipinski definition) is 1. The highest BCUT2D eigenvalue weighted by molar-refractivity contribution is 5.79. The Morgan fingerprint density at radius 2 is 2.50 bits per heavy atom. The molecule has 1 unspecified atom stereocenters. The Labute approximate surface area is 72.1 Å². The van der Waals surface area contributed by atoms with Gasteiger partial charge in [-0.25, -0.2) is 0 Å². The summed E-state index contributed by atoms with van der Waals surface area (Å²) in [4.78, 5) is 12.9. The summed E-state index contributed by atoms with van der Waals surface area (Å²) < 4.78 is 4.58. The minimum absolute atomic E-state index is 0.105. The van der Waals surface area contributed by atoms with E-state index in [2.05, 4.69) is 4.74 Å². The minimum Gasteiger partial charge on any atom is -0.468 e. The van der Waals surface area contributed by atoms with Gasteiger partial charge in [0.2, 0.25) is 0 Å². The molecule has 0 spiro atoms. The fraction of sp³-hybridized carbons (Fsp3) is 0.875. The van der Waals surface area contributed by atoms with E-state index in [0.717, 1.165) is 13.0 Å². The van der Waals surface area contributed by atoms with Crippen molar-refractivity contribution in [3.63, 3.8) is 0 Å². The molecule has 1 aliphatic heterocycles. The van der Waals surface area contributed by atoms with Crippen molar-refractivity contribution in [3.8, 4) is 0 Å². The third-order valence-corrected chi connectivity index (χ3v) is 2.27. The van der Waals surface area contributed by atoms with Crippen molar-refractivity contribution in [2.75, 3.05) is 20.3 Å². The second kappa shape index (κ2) is 3.87. The summed E-state index contributed by atoms with van der Waals surface area (Å²) in [6, 6.07) is 0.0150. The maximum atomic E-state index is 11.0. The minimum atomic E-state index is -0.193. The lowest BCUT2D eigenvalue weighted by Gasteiger charge is -2.12. The molecule has 1 saturated heterocycles. The summed E-state index contributed by atoms with van der Waals surface area (Å²) >= 11 is 0. The summed E-state index contributed by atoms with van der Waals surface area (Å²) in [6.45, 7) is 2.84. The summed E-state index contributed by atoms with van der Waals surface area (Å²) in [5.41, 5.74) is 0. The van der Waals surface area contributed by atoms with Crippen LogP contribution in [0.4, 0.5) is 0 Å². The predicted octanol–water partition coefficient (Wildman–Crippen LogP) is -0.386. The highest BCUT2D eigenvalue weighted by atomic mass is 16.5. The molecule has 0 aromatic heterocycles. The van der Waals surface area contributed by atoms with Crippen LogP contribution in [-0.4, -0.2) is 48.3 Å². The van der Waals surface area contributed by atoms with Crippen LogP contribution in [0.5, 0.6) is 0 Å². The number of methoxy groups -OCH3 is 1. The van der Waals surface area contributed by atoms with Crippen LogP contribution in [0.1, 0.15) is 13.3 Å². The third-order valence-electron chi connectivity index (χ3n) is 2.27. The Hall–Kier alpha value is -0.610. The molecule has 1 aliphatic rings. The summed E-state index contributed by atoms with van der Waals surface area (Å²) in [7, 11) is 1.39. The van der Waals surface area contributed by atoms with Crippen LogP contribution < -0.4 is 0 Å². The lowest BCUT2D eigenvalue weighted by molar-refractivity contribution is -0.141. The van der Waals surface area contributed by atoms with E-state index in [1.807, 2.05) is 11.8 Å². The first-order chi connectivity index (χ1) is 5.74. The van der Waals surface area contributed by atoms with Crippen LogP contribution in [0.3, 0.4) is 0 Å². The molecule has 4 heteroatoms. The maximum absolute atomic E-state index is 11.0. The van der Waals surface area contributed by atoms with Gasteiger partial charge >= 0.3 is 5.97 Å². The lowest BCUT2D eigenvalue weighted by atomic mass is 10.2. The van der Waals surface area contributed by atoms with E-state index in [0.29, 0.717) is 0 Å². The molecule has 1 fully saturated rings. The molecule has 0 saturated carbocycles. The van der Waals surface area contributed by atoms with Crippen molar-refractivity contribution in [2.24, 2.45) is 0 Å². The van der Waals surface area contributed by atoms with E-state index >= 15 is 0 Å². The molecular formula is C8H15NO3. The molecular weight excluding hydrogens is 158 g/mol. The van der Waals surface area contributed by atoms with Gasteiger partial charge in [0, 0.05) is 12.6 Å². The number of carbonyl (C=O) groups excluding carboxylic acids is 1. The van der Waals surface area contributed by atoms with E-state index in [1.54, 1.807) is 0 Å². The molecule has 0 radical (unpaired) electrons. The van der Waals surface area contributed by atoms with Crippen molar-refractivity contribution < 1.29 is 14.6 Å². The molecule has 70 valence electrons. The Balaban J connectivity index is 2.35. The number of hydrogen-bond acceptors (Lipinski definition) is 4. The monoisotopic (exact) mass is 173 g/mol. The molecule has 1 rings (SSSR count). The zero-order valence-corrected chi connectivity index (χ0v) is 7.49. The van der Waals surface area contributed by atoms with E-state index in [4.69, 9.17) is 5.11 Å². The van der Waals surface area contributed by atoms with Crippen LogP contribution in [0.25, 0.3) is 0 Å². The van der Waals surface area contributed by atoms with Gasteiger partial charge in [-0.15, -0.1) is 0 Å². The first-order valence-corrected chi connectivity index (χ1v) is 4.19. The molecule has 0 aromatic carbocycles. The SMILES string of the molecule is CC[C@H](CO)N1C[C@H]1C(=O)OC. The molecule has 4 nitrogen and oxygen atoms in total. The van der Waals surface area contributed by atoms with E-state index in [1.165, 1.54) is 7.11 Å². The topological polar surface area (TPSA) is 49.5 Å². The van der Waals surface area contributed by atoms with Crippen LogP contribution in [0.2, 0.25) is 0 Å². The van der Waals surface area contributed by atoms with Gasteiger partial charge in [0.05, 0.1) is 13.7 Å². The lowest BCUT2D eigenvalue weighted by Crippen LogP contribution is -2.26. The zero-order valence-electron chi connectivity index (χ0n) is 7.49. The van der Waals surface area contributed by atoms with Crippen LogP contribution in [0, 0.1) is 0 Å². The average Bonchev–Trinajstić information content (AvgIpc) is 2.86. The second-order valence-corrected chi connectivity index (χ2v) is 2.98. The quantitative estimate of drug-likeness (QED) is 0.465. The normalized spacial score (nSPS) is 29.6. The van der Waals surface area contributed by atoms with Crippen molar-refractivity contribution in [3.05, 3.63) is 0 Å². The zero-order chi connectivity index (χ0) is 9.14. The number of rotatable bonds is 4. The van der Waals surface area contributed by atoms with E-state index in [9.17, 15) is 4.79 Å². The fourth-order valence-corrected chi connectivity index (χ4v) is 1.37. The number of ether oxygens (including phenoxy) is 1. The largest absolute Gasteiger partial charge is 0.468 e. The number of esters is 1. The van der Waals surface area contributed by atoms with Gasteiger partial charge in [-0.1, -0.05) is 6.92 Å². The Morgan fingerprint density at radius 1 is 1.83 bits per heavy atom. The standard InChI is InChI=1S/C8H15NO3/c1-3-6(5-10)9-4-7(9)8(11)12-2/h6-7,10H,3-5H2,1-2H3/t6-,7+,9?/m1/s1. The third kappa shape index (κ3) is 1.76. The van der Waals surface area contributed by atoms with Crippen molar-refractivity contribution in [2.45, 2.75) is 25.4 Å². The molecule has 12 heavy (non-hydrogen) atoms. The molecule has 0 aromatic rings. The van der Waals surface area contributed by atoms with Crippen LogP contribution in [0.15, 0.2) is 0 Å². The predicted molar refractivity (Wildman–Crippen MR) is 43.7 cm³/mol. The molecule has 1 N–H and O–H groups in total. The Kier molecular flexibility index (Phi) is 3.05. The summed E-state index contributed by atoms with van der Waals surface area (Å²) in [5, 5.41) is 8.91. The highest BCUT2D eigenvalue weighted by Crippen LogP contribution is 2.23. The van der Waals surface area contributed by atoms with E-state index in [-0.39, 0.29) is 24.7 Å². The molecule has 0 aliphatic carbocycles. The number of aliphatic hydroxyl groups excluding tert-OH is 1. The molecule has 0 bridgehead atoms. The van der Waals surface area contributed by atoms with Gasteiger partial charge < -0.3 is 9.84 Å². The number of carbonyl (C=O) groups is 1. The van der Waals surface area contributed by atoms with Crippen molar-refractivity contribution in [1.82, 2.24) is 4.90 Å². The van der Waals surface area contributed by atoms with Gasteiger partial charge in [0.1, 0.15) is 6.04 Å². The number of aliphatic hydroxyl groups is 1. The second-order valence-electron chi connectivity index (χ2n) is 2.98. The average molecular weight is 173 g/mol. The fourth-order valence-electron chi connectivity index (χ4n) is 1.37. The summed E-state index contributed by atoms with van der Waals surface area (Å²) in [6.07, 6.45) is 0.865. The maximum Gasteiger partial charge on any atom is 0.324 e. The molecule has 3 atom stereocenters. The van der Waals surface area contributed by atoms with Gasteiger partial charge in [0.15, 0.2) is 0 Å². The highest BCUT2D eigenvalue weighted by Gasteiger charge is 2.44. The van der Waals surface area contributed by atoms with Gasteiger partial charge in [-0.05, 0) is 6.42 Å². The Morgan fingerprint density at radius 3 is 2.92 bits per heavy atom. The number of nitrogens with zero attached hydrogens (tertiary/aromatic N) is 1. The van der Waals surface area contributed by atoms with E-state index < -0.39 is 0 Å². The first kappa shape index (κ1) is 9.48. The van der Waals surface area contributed by atoms with Crippen LogP contribution >= 0.6 is 0 Å². The summed E-state index contributed by atoms with van der Waals surface area (Å²) in [5.74, 6) is -0.193. The van der Waals surface area contributed by atoms with Gasteiger partial charge in [0.25, 0.3) is 0 Å². The first-order valence-electron chi connectivity index (χ1n) is 4.19. The van der Waals surface area contributed by atoms with Gasteiger partial charge in [-0.3, -0.25) is 9.69 Å². The van der Waals surface area contributed by atoms with Gasteiger partial charge in [-0.2, -0.15) is 0 Å². The smallest absolute Gasteiger partial charge is 0.324 e. The molecule has 1 heterocycles. The van der Waals surface area contributed by atoms with Crippen LogP contribution in [-0.2, 0) is 9.53 Å². The van der Waals surface area contributed by atoms with Crippen molar-refractivity contribution >= 4 is 5.97 Å². The van der Waals surface area contributed by atoms with Crippen molar-refractivity contribution in [1.29, 1.82) is 0 Å². The Bertz CT molecular complexity index is 168. The molecule has 0 amide bonds.